The largest absolute Gasteiger partial charge is 0.493 e. The zero-order valence-corrected chi connectivity index (χ0v) is 13.2. The normalized spacial score (nSPS) is 17.0. The number of benzene rings is 1. The molecule has 0 aromatic heterocycles. The number of hydrogen-bond donors (Lipinski definition) is 0. The number of carbonyl (C=O) groups excluding carboxylic acids is 2. The third kappa shape index (κ3) is 3.94. The number of hydrogen-bond acceptors (Lipinski definition) is 7. The van der Waals surface area contributed by atoms with Gasteiger partial charge in [0.25, 0.3) is 0 Å². The lowest BCUT2D eigenvalue weighted by Gasteiger charge is -2.12. The van der Waals surface area contributed by atoms with Gasteiger partial charge in [-0.3, -0.25) is 0 Å². The molecule has 1 heterocycles. The highest BCUT2D eigenvalue weighted by Gasteiger charge is 2.29. The van der Waals surface area contributed by atoms with E-state index in [9.17, 15) is 9.59 Å². The molecular formula is C16H18O7. The molecule has 7 nitrogen and oxygen atoms in total. The molecule has 0 N–H and O–H groups in total. The minimum absolute atomic E-state index is 0.271. The molecule has 1 aliphatic heterocycles. The van der Waals surface area contributed by atoms with Crippen LogP contribution in [0.1, 0.15) is 12.0 Å². The first-order chi connectivity index (χ1) is 11.1. The van der Waals surface area contributed by atoms with Gasteiger partial charge < -0.3 is 23.7 Å². The molecule has 0 saturated carbocycles. The summed E-state index contributed by atoms with van der Waals surface area (Å²) in [6.45, 7) is 0.271. The van der Waals surface area contributed by atoms with Crippen molar-refractivity contribution < 1.29 is 33.3 Å². The van der Waals surface area contributed by atoms with E-state index in [4.69, 9.17) is 23.7 Å². The zero-order chi connectivity index (χ0) is 16.8. The number of methoxy groups -OCH3 is 3. The number of ether oxygens (including phenoxy) is 5. The summed E-state index contributed by atoms with van der Waals surface area (Å²) in [6, 6.07) is 3.38. The predicted molar refractivity (Wildman–Crippen MR) is 80.6 cm³/mol. The van der Waals surface area contributed by atoms with Crippen LogP contribution < -0.4 is 14.2 Å². The smallest absolute Gasteiger partial charge is 0.347 e. The number of cyclic esters (lactones) is 1. The zero-order valence-electron chi connectivity index (χ0n) is 13.2. The summed E-state index contributed by atoms with van der Waals surface area (Å²) in [4.78, 5) is 23.0. The van der Waals surface area contributed by atoms with Crippen molar-refractivity contribution in [1.29, 1.82) is 0 Å². The van der Waals surface area contributed by atoms with Gasteiger partial charge in [-0.2, -0.15) is 0 Å². The Morgan fingerprint density at radius 3 is 2.30 bits per heavy atom. The number of rotatable bonds is 6. The molecule has 1 fully saturated rings. The first-order valence-corrected chi connectivity index (χ1v) is 6.94. The van der Waals surface area contributed by atoms with Crippen LogP contribution in [0, 0.1) is 0 Å². The maximum atomic E-state index is 11.7. The molecule has 1 saturated heterocycles. The first kappa shape index (κ1) is 16.7. The fourth-order valence-electron chi connectivity index (χ4n) is 2.13. The Morgan fingerprint density at radius 1 is 1.17 bits per heavy atom. The Morgan fingerprint density at radius 2 is 1.83 bits per heavy atom. The summed E-state index contributed by atoms with van der Waals surface area (Å²) in [6.07, 6.45) is 2.31. The molecule has 23 heavy (non-hydrogen) atoms. The van der Waals surface area contributed by atoms with Gasteiger partial charge in [0.05, 0.1) is 27.9 Å². The van der Waals surface area contributed by atoms with Crippen molar-refractivity contribution in [2.75, 3.05) is 27.9 Å². The van der Waals surface area contributed by atoms with E-state index in [0.717, 1.165) is 0 Å². The van der Waals surface area contributed by atoms with E-state index in [2.05, 4.69) is 0 Å². The second-order valence-electron chi connectivity index (χ2n) is 4.67. The molecule has 124 valence electrons. The van der Waals surface area contributed by atoms with Crippen molar-refractivity contribution in [1.82, 2.24) is 0 Å². The van der Waals surface area contributed by atoms with E-state index in [-0.39, 0.29) is 6.61 Å². The molecular weight excluding hydrogens is 304 g/mol. The third-order valence-electron chi connectivity index (χ3n) is 3.24. The molecule has 1 aliphatic rings. The first-order valence-electron chi connectivity index (χ1n) is 6.94. The van der Waals surface area contributed by atoms with Gasteiger partial charge in [-0.05, 0) is 23.8 Å². The Bertz CT molecular complexity index is 596. The van der Waals surface area contributed by atoms with Crippen LogP contribution in [-0.2, 0) is 19.1 Å². The molecule has 0 unspecified atom stereocenters. The van der Waals surface area contributed by atoms with Gasteiger partial charge in [0.2, 0.25) is 11.9 Å². The molecule has 0 aliphatic carbocycles. The Balaban J connectivity index is 2.12. The van der Waals surface area contributed by atoms with E-state index in [1.807, 2.05) is 0 Å². The predicted octanol–water partition coefficient (Wildman–Crippen LogP) is 1.58. The lowest BCUT2D eigenvalue weighted by molar-refractivity contribution is -0.156. The Labute approximate surface area is 133 Å². The molecule has 2 rings (SSSR count). The van der Waals surface area contributed by atoms with Gasteiger partial charge in [-0.1, -0.05) is 0 Å². The summed E-state index contributed by atoms with van der Waals surface area (Å²) in [7, 11) is 4.52. The van der Waals surface area contributed by atoms with Crippen LogP contribution in [-0.4, -0.2) is 46.0 Å². The van der Waals surface area contributed by atoms with Crippen molar-refractivity contribution in [3.63, 3.8) is 0 Å². The number of esters is 2. The van der Waals surface area contributed by atoms with Crippen molar-refractivity contribution in [3.05, 3.63) is 23.8 Å². The van der Waals surface area contributed by atoms with Gasteiger partial charge in [0, 0.05) is 12.5 Å². The van der Waals surface area contributed by atoms with Crippen LogP contribution in [0.15, 0.2) is 18.2 Å². The highest BCUT2D eigenvalue weighted by atomic mass is 16.6. The van der Waals surface area contributed by atoms with Crippen LogP contribution in [0.2, 0.25) is 0 Å². The monoisotopic (exact) mass is 322 g/mol. The van der Waals surface area contributed by atoms with E-state index in [0.29, 0.717) is 29.2 Å². The molecule has 0 amide bonds. The van der Waals surface area contributed by atoms with Crippen LogP contribution in [0.3, 0.4) is 0 Å². The molecule has 0 bridgehead atoms. The number of carbonyl (C=O) groups is 2. The van der Waals surface area contributed by atoms with Crippen molar-refractivity contribution in [2.45, 2.75) is 12.5 Å². The van der Waals surface area contributed by atoms with Gasteiger partial charge in [-0.15, -0.1) is 0 Å². The van der Waals surface area contributed by atoms with Crippen molar-refractivity contribution in [3.8, 4) is 17.2 Å². The summed E-state index contributed by atoms with van der Waals surface area (Å²) < 4.78 is 25.4. The van der Waals surface area contributed by atoms with Gasteiger partial charge >= 0.3 is 11.9 Å². The van der Waals surface area contributed by atoms with Crippen LogP contribution in [0.5, 0.6) is 17.2 Å². The average Bonchev–Trinajstić information content (AvgIpc) is 2.96. The molecule has 0 spiro atoms. The van der Waals surface area contributed by atoms with E-state index in [1.165, 1.54) is 33.5 Å². The topological polar surface area (TPSA) is 80.3 Å². The molecule has 1 aromatic carbocycles. The standard InChI is InChI=1S/C16H18O7/c1-19-12-8-10(9-13(20-2)15(12)21-3)4-5-14(17)23-11-6-7-22-16(11)18/h4-5,8-9,11H,6-7H2,1-3H3/b5-4+/t11-/m0/s1. The average molecular weight is 322 g/mol. The summed E-state index contributed by atoms with van der Waals surface area (Å²) >= 11 is 0. The van der Waals surface area contributed by atoms with Crippen molar-refractivity contribution >= 4 is 18.0 Å². The Hall–Kier alpha value is -2.70. The highest BCUT2D eigenvalue weighted by molar-refractivity contribution is 5.90. The summed E-state index contributed by atoms with van der Waals surface area (Å²) in [5.41, 5.74) is 0.658. The minimum Gasteiger partial charge on any atom is -0.493 e. The fourth-order valence-corrected chi connectivity index (χ4v) is 2.13. The maximum absolute atomic E-state index is 11.7. The van der Waals surface area contributed by atoms with Gasteiger partial charge in [-0.25, -0.2) is 9.59 Å². The minimum atomic E-state index is -0.827. The highest BCUT2D eigenvalue weighted by Crippen LogP contribution is 2.38. The van der Waals surface area contributed by atoms with Crippen LogP contribution >= 0.6 is 0 Å². The Kier molecular flexibility index (Phi) is 5.46. The van der Waals surface area contributed by atoms with E-state index in [1.54, 1.807) is 12.1 Å². The third-order valence-corrected chi connectivity index (χ3v) is 3.24. The second-order valence-corrected chi connectivity index (χ2v) is 4.67. The second kappa shape index (κ2) is 7.53. The fraction of sp³-hybridized carbons (Fsp3) is 0.375. The van der Waals surface area contributed by atoms with E-state index >= 15 is 0 Å². The van der Waals surface area contributed by atoms with Crippen LogP contribution in [0.25, 0.3) is 6.08 Å². The van der Waals surface area contributed by atoms with E-state index < -0.39 is 18.0 Å². The van der Waals surface area contributed by atoms with Crippen molar-refractivity contribution in [2.24, 2.45) is 0 Å². The molecule has 7 heteroatoms. The molecule has 1 aromatic rings. The maximum Gasteiger partial charge on any atom is 0.347 e. The molecule has 0 radical (unpaired) electrons. The van der Waals surface area contributed by atoms with Crippen LogP contribution in [0.4, 0.5) is 0 Å². The summed E-state index contributed by atoms with van der Waals surface area (Å²) in [5, 5.41) is 0. The molecule has 1 atom stereocenters. The van der Waals surface area contributed by atoms with Gasteiger partial charge in [0.15, 0.2) is 11.5 Å². The van der Waals surface area contributed by atoms with Gasteiger partial charge in [0.1, 0.15) is 0 Å². The lowest BCUT2D eigenvalue weighted by atomic mass is 10.1. The quantitative estimate of drug-likeness (QED) is 0.581. The lowest BCUT2D eigenvalue weighted by Crippen LogP contribution is -2.21. The SMILES string of the molecule is COc1cc(/C=C/C(=O)O[C@H]2CCOC2=O)cc(OC)c1OC. The summed E-state index contributed by atoms with van der Waals surface area (Å²) in [5.74, 6) is 0.268.